The molecule has 3 unspecified atom stereocenters. The van der Waals surface area contributed by atoms with Crippen LogP contribution in [0, 0.1) is 16.0 Å². The molecule has 1 heterocycles. The number of nitro groups is 1. The van der Waals surface area contributed by atoms with E-state index in [2.05, 4.69) is 5.32 Å². The summed E-state index contributed by atoms with van der Waals surface area (Å²) in [6.07, 6.45) is 1.20. The van der Waals surface area contributed by atoms with Gasteiger partial charge in [0.05, 0.1) is 16.9 Å². The number of hydrogen-bond acceptors (Lipinski definition) is 4. The molecule has 1 N–H and O–H groups in total. The Morgan fingerprint density at radius 3 is 2.50 bits per heavy atom. The van der Waals surface area contributed by atoms with Crippen molar-refractivity contribution < 1.29 is 22.9 Å². The monoisotopic (exact) mass is 449 g/mol. The van der Waals surface area contributed by atoms with E-state index in [0.717, 1.165) is 57.2 Å². The average molecular weight is 450 g/mol. The number of carbonyl (C=O) groups excluding carboxylic acids is 1. The lowest BCUT2D eigenvalue weighted by Gasteiger charge is -2.41. The third-order valence-corrected chi connectivity index (χ3v) is 6.16. The van der Waals surface area contributed by atoms with Crippen LogP contribution in [0.2, 0.25) is 0 Å². The second-order valence-electron chi connectivity index (χ2n) is 8.04. The van der Waals surface area contributed by atoms with Crippen LogP contribution in [0.3, 0.4) is 0 Å². The first-order chi connectivity index (χ1) is 13.7. The molecule has 1 aromatic rings. The second-order valence-corrected chi connectivity index (χ2v) is 8.04. The molecule has 1 amide bonds. The van der Waals surface area contributed by atoms with Crippen molar-refractivity contribution in [2.75, 3.05) is 13.6 Å². The lowest BCUT2D eigenvalue weighted by molar-refractivity contribution is -0.385. The van der Waals surface area contributed by atoms with Crippen LogP contribution in [0.1, 0.15) is 49.7 Å². The molecule has 1 aliphatic heterocycles. The number of amides is 1. The fourth-order valence-corrected chi connectivity index (χ4v) is 4.70. The van der Waals surface area contributed by atoms with Gasteiger partial charge in [-0.3, -0.25) is 14.9 Å². The molecule has 0 radical (unpaired) electrons. The van der Waals surface area contributed by atoms with E-state index in [1.807, 2.05) is 0 Å². The molecule has 0 bridgehead atoms. The first kappa shape index (κ1) is 24.4. The molecule has 1 saturated heterocycles. The summed E-state index contributed by atoms with van der Waals surface area (Å²) in [6.45, 7) is 0.972. The summed E-state index contributed by atoms with van der Waals surface area (Å²) in [6, 6.07) is 2.78. The Bertz CT molecular complexity index is 769. The molecule has 1 aromatic carbocycles. The minimum atomic E-state index is -4.71. The third-order valence-electron chi connectivity index (χ3n) is 6.16. The van der Waals surface area contributed by atoms with Gasteiger partial charge in [0.25, 0.3) is 5.69 Å². The molecular formula is C20H27ClF3N3O3. The average Bonchev–Trinajstić information content (AvgIpc) is 3.21. The molecule has 168 valence electrons. The highest BCUT2D eigenvalue weighted by molar-refractivity contribution is 5.85. The third kappa shape index (κ3) is 5.63. The molecule has 2 fully saturated rings. The zero-order valence-electron chi connectivity index (χ0n) is 16.8. The van der Waals surface area contributed by atoms with Crippen LogP contribution in [0.4, 0.5) is 18.9 Å². The van der Waals surface area contributed by atoms with Gasteiger partial charge in [-0.2, -0.15) is 13.2 Å². The Morgan fingerprint density at radius 2 is 1.90 bits per heavy atom. The first-order valence-electron chi connectivity index (χ1n) is 10.0. The number of halogens is 4. The molecule has 3 atom stereocenters. The van der Waals surface area contributed by atoms with E-state index in [1.54, 1.807) is 11.9 Å². The van der Waals surface area contributed by atoms with E-state index in [1.165, 1.54) is 0 Å². The first-order valence-corrected chi connectivity index (χ1v) is 10.0. The number of benzene rings is 1. The molecule has 0 aromatic heterocycles. The Labute approximate surface area is 179 Å². The molecule has 1 aliphatic carbocycles. The van der Waals surface area contributed by atoms with E-state index in [0.29, 0.717) is 18.0 Å². The zero-order chi connectivity index (χ0) is 21.2. The van der Waals surface area contributed by atoms with Crippen molar-refractivity contribution in [3.05, 3.63) is 39.4 Å². The van der Waals surface area contributed by atoms with E-state index in [-0.39, 0.29) is 36.3 Å². The number of likely N-dealkylation sites (N-methyl/N-ethyl adjacent to an activating group) is 1. The van der Waals surface area contributed by atoms with Crippen molar-refractivity contribution in [3.63, 3.8) is 0 Å². The molecule has 6 nitrogen and oxygen atoms in total. The minimum Gasteiger partial charge on any atom is -0.342 e. The normalized spacial score (nSPS) is 24.2. The Hall–Kier alpha value is -1.87. The summed E-state index contributed by atoms with van der Waals surface area (Å²) >= 11 is 0. The molecule has 1 saturated carbocycles. The molecule has 3 rings (SSSR count). The highest BCUT2D eigenvalue weighted by Gasteiger charge is 2.37. The maximum atomic E-state index is 13.1. The summed E-state index contributed by atoms with van der Waals surface area (Å²) < 4.78 is 39.3. The number of hydrogen-bond donors (Lipinski definition) is 1. The summed E-state index contributed by atoms with van der Waals surface area (Å²) in [7, 11) is 1.70. The fourth-order valence-electron chi connectivity index (χ4n) is 4.70. The SMILES string of the molecule is CN(C(=O)Cc1cc([N+](=O)[O-])cc(C(F)(F)F)c1)C1CCCCC1C1CCCN1.Cl. The van der Waals surface area contributed by atoms with E-state index in [9.17, 15) is 28.1 Å². The number of nitro benzene ring substituents is 1. The number of non-ortho nitro benzene ring substituents is 1. The van der Waals surface area contributed by atoms with Crippen LogP contribution in [0.15, 0.2) is 18.2 Å². The highest BCUT2D eigenvalue weighted by atomic mass is 35.5. The smallest absolute Gasteiger partial charge is 0.342 e. The summed E-state index contributed by atoms with van der Waals surface area (Å²) in [4.78, 5) is 24.7. The van der Waals surface area contributed by atoms with E-state index < -0.39 is 22.4 Å². The highest BCUT2D eigenvalue weighted by Crippen LogP contribution is 2.35. The van der Waals surface area contributed by atoms with Crippen molar-refractivity contribution in [1.82, 2.24) is 10.2 Å². The largest absolute Gasteiger partial charge is 0.416 e. The standard InChI is InChI=1S/C20H26F3N3O3.ClH/c1-25(18-7-3-2-5-16(18)17-6-4-8-24-17)19(27)11-13-9-14(20(21,22)23)12-15(10-13)26(28)29;/h9-10,12,16-18,24H,2-8,11H2,1H3;1H. The summed E-state index contributed by atoms with van der Waals surface area (Å²) in [5.41, 5.74) is -1.76. The number of carbonyl (C=O) groups is 1. The van der Waals surface area contributed by atoms with Crippen molar-refractivity contribution in [2.24, 2.45) is 5.92 Å². The van der Waals surface area contributed by atoms with Crippen molar-refractivity contribution in [3.8, 4) is 0 Å². The number of rotatable bonds is 5. The van der Waals surface area contributed by atoms with Crippen LogP contribution in [-0.4, -0.2) is 41.4 Å². The van der Waals surface area contributed by atoms with Gasteiger partial charge in [-0.15, -0.1) is 12.4 Å². The lowest BCUT2D eigenvalue weighted by atomic mass is 9.78. The number of alkyl halides is 3. The maximum Gasteiger partial charge on any atom is 0.416 e. The molecular weight excluding hydrogens is 423 g/mol. The molecule has 0 spiro atoms. The van der Waals surface area contributed by atoms with Crippen LogP contribution < -0.4 is 5.32 Å². The number of nitrogens with zero attached hydrogens (tertiary/aromatic N) is 2. The number of nitrogens with one attached hydrogen (secondary N) is 1. The van der Waals surface area contributed by atoms with Crippen LogP contribution in [0.5, 0.6) is 0 Å². The molecule has 2 aliphatic rings. The minimum absolute atomic E-state index is 0. The summed E-state index contributed by atoms with van der Waals surface area (Å²) in [5.74, 6) is 0.0181. The Morgan fingerprint density at radius 1 is 1.20 bits per heavy atom. The van der Waals surface area contributed by atoms with Gasteiger partial charge < -0.3 is 10.2 Å². The van der Waals surface area contributed by atoms with Gasteiger partial charge in [0, 0.05) is 31.3 Å². The predicted molar refractivity (Wildman–Crippen MR) is 109 cm³/mol. The fraction of sp³-hybridized carbons (Fsp3) is 0.650. The van der Waals surface area contributed by atoms with Gasteiger partial charge in [-0.05, 0) is 49.8 Å². The lowest BCUT2D eigenvalue weighted by Crippen LogP contribution is -2.50. The van der Waals surface area contributed by atoms with Crippen molar-refractivity contribution >= 4 is 24.0 Å². The topological polar surface area (TPSA) is 75.5 Å². The zero-order valence-corrected chi connectivity index (χ0v) is 17.6. The quantitative estimate of drug-likeness (QED) is 0.535. The van der Waals surface area contributed by atoms with Gasteiger partial charge >= 0.3 is 6.18 Å². The van der Waals surface area contributed by atoms with E-state index >= 15 is 0 Å². The van der Waals surface area contributed by atoms with Crippen LogP contribution >= 0.6 is 12.4 Å². The molecule has 10 heteroatoms. The maximum absolute atomic E-state index is 13.1. The molecule has 30 heavy (non-hydrogen) atoms. The van der Waals surface area contributed by atoms with Gasteiger partial charge in [0.2, 0.25) is 5.91 Å². The van der Waals surface area contributed by atoms with Gasteiger partial charge in [0.1, 0.15) is 0 Å². The summed E-state index contributed by atoms with van der Waals surface area (Å²) in [5, 5.41) is 14.5. The van der Waals surface area contributed by atoms with Gasteiger partial charge in [-0.1, -0.05) is 12.8 Å². The predicted octanol–water partition coefficient (Wildman–Crippen LogP) is 4.35. The second kappa shape index (κ2) is 9.96. The Kier molecular flexibility index (Phi) is 8.10. The van der Waals surface area contributed by atoms with E-state index in [4.69, 9.17) is 0 Å². The van der Waals surface area contributed by atoms with Gasteiger partial charge in [0.15, 0.2) is 0 Å². The van der Waals surface area contributed by atoms with Crippen LogP contribution in [-0.2, 0) is 17.4 Å². The van der Waals surface area contributed by atoms with Crippen molar-refractivity contribution in [1.29, 1.82) is 0 Å². The van der Waals surface area contributed by atoms with Gasteiger partial charge in [-0.25, -0.2) is 0 Å². The Balaban J connectivity index is 0.00000320. The van der Waals surface area contributed by atoms with Crippen molar-refractivity contribution in [2.45, 2.75) is 63.2 Å². The van der Waals surface area contributed by atoms with Crippen LogP contribution in [0.25, 0.3) is 0 Å².